The number of aliphatic hydroxyl groups is 1. The Balaban J connectivity index is 3.79. The van der Waals surface area contributed by atoms with Gasteiger partial charge in [-0.05, 0) is 20.8 Å². The summed E-state index contributed by atoms with van der Waals surface area (Å²) in [6.07, 6.45) is -0.607. The molecule has 6 nitrogen and oxygen atoms in total. The maximum Gasteiger partial charge on any atom is 0.309 e. The van der Waals surface area contributed by atoms with Gasteiger partial charge in [-0.25, -0.2) is 0 Å². The Hall–Kier alpha value is -0.690. The Bertz CT molecular complexity index is 223. The first kappa shape index (κ1) is 17.3. The molecular weight excluding hydrogens is 240 g/mol. The van der Waals surface area contributed by atoms with Crippen molar-refractivity contribution in [3.05, 3.63) is 0 Å². The fourth-order valence-electron chi connectivity index (χ4n) is 1.09. The number of rotatable bonds is 9. The summed E-state index contributed by atoms with van der Waals surface area (Å²) < 4.78 is 20.2. The Morgan fingerprint density at radius 3 is 2.44 bits per heavy atom. The Morgan fingerprint density at radius 2 is 1.94 bits per heavy atom. The summed E-state index contributed by atoms with van der Waals surface area (Å²) in [5, 5.41) is 9.06. The molecule has 0 spiro atoms. The van der Waals surface area contributed by atoms with Crippen molar-refractivity contribution in [3.63, 3.8) is 0 Å². The van der Waals surface area contributed by atoms with Crippen LogP contribution in [0.1, 0.15) is 27.2 Å². The normalized spacial score (nSPS) is 13.4. The average Bonchev–Trinajstić information content (AvgIpc) is 2.24. The highest BCUT2D eigenvalue weighted by atomic mass is 16.7. The van der Waals surface area contributed by atoms with E-state index in [0.29, 0.717) is 13.2 Å². The maximum absolute atomic E-state index is 11.5. The summed E-state index contributed by atoms with van der Waals surface area (Å²) in [6, 6.07) is 0. The van der Waals surface area contributed by atoms with Crippen molar-refractivity contribution in [2.75, 3.05) is 33.7 Å². The minimum Gasteiger partial charge on any atom is -0.460 e. The summed E-state index contributed by atoms with van der Waals surface area (Å²) in [7, 11) is 1.57. The molecule has 0 aliphatic carbocycles. The van der Waals surface area contributed by atoms with Gasteiger partial charge in [0.05, 0.1) is 32.3 Å². The van der Waals surface area contributed by atoms with Crippen LogP contribution in [0.15, 0.2) is 0 Å². The van der Waals surface area contributed by atoms with Crippen LogP contribution in [0.4, 0.5) is 0 Å². The second kappa shape index (κ2) is 9.27. The highest BCUT2D eigenvalue weighted by Crippen LogP contribution is 2.10. The highest BCUT2D eigenvalue weighted by molar-refractivity contribution is 5.70. The molecule has 0 saturated carbocycles. The molecule has 6 heteroatoms. The van der Waals surface area contributed by atoms with Crippen LogP contribution >= 0.6 is 0 Å². The predicted octanol–water partition coefficient (Wildman–Crippen LogP) is 0.716. The van der Waals surface area contributed by atoms with E-state index in [-0.39, 0.29) is 19.8 Å². The van der Waals surface area contributed by atoms with E-state index in [0.717, 1.165) is 0 Å². The Kier molecular flexibility index (Phi) is 8.91. The lowest BCUT2D eigenvalue weighted by Gasteiger charge is -2.21. The fraction of sp³-hybridized carbons (Fsp3) is 0.917. The van der Waals surface area contributed by atoms with Crippen molar-refractivity contribution in [2.24, 2.45) is 0 Å². The number of hydrogen-bond acceptors (Lipinski definition) is 6. The molecule has 0 saturated heterocycles. The standard InChI is InChI=1S/C12H24O6/c1-12(2,3)18-11(14)7-10(8-13)17-9-16-6-5-15-4/h10,13H,5-9H2,1-4H3/t10-/m0/s1. The van der Waals surface area contributed by atoms with Gasteiger partial charge in [0.25, 0.3) is 0 Å². The number of hydrogen-bond donors (Lipinski definition) is 1. The van der Waals surface area contributed by atoms with Crippen LogP contribution in [-0.2, 0) is 23.7 Å². The van der Waals surface area contributed by atoms with Gasteiger partial charge in [-0.1, -0.05) is 0 Å². The number of carbonyl (C=O) groups is 1. The van der Waals surface area contributed by atoms with E-state index in [1.165, 1.54) is 0 Å². The molecule has 1 atom stereocenters. The van der Waals surface area contributed by atoms with Crippen LogP contribution in [0.2, 0.25) is 0 Å². The zero-order valence-electron chi connectivity index (χ0n) is 11.6. The molecule has 0 aliphatic heterocycles. The molecule has 0 amide bonds. The first-order chi connectivity index (χ1) is 8.39. The predicted molar refractivity (Wildman–Crippen MR) is 65.1 cm³/mol. The first-order valence-electron chi connectivity index (χ1n) is 5.90. The van der Waals surface area contributed by atoms with Gasteiger partial charge in [-0.3, -0.25) is 4.79 Å². The number of methoxy groups -OCH3 is 1. The van der Waals surface area contributed by atoms with Gasteiger partial charge < -0.3 is 24.1 Å². The zero-order valence-corrected chi connectivity index (χ0v) is 11.6. The second-order valence-corrected chi connectivity index (χ2v) is 4.78. The first-order valence-corrected chi connectivity index (χ1v) is 5.90. The number of esters is 1. The molecule has 0 radical (unpaired) electrons. The van der Waals surface area contributed by atoms with Crippen LogP contribution in [0.25, 0.3) is 0 Å². The van der Waals surface area contributed by atoms with E-state index in [4.69, 9.17) is 24.1 Å². The van der Waals surface area contributed by atoms with Gasteiger partial charge in [-0.15, -0.1) is 0 Å². The fourth-order valence-corrected chi connectivity index (χ4v) is 1.09. The average molecular weight is 264 g/mol. The van der Waals surface area contributed by atoms with E-state index < -0.39 is 17.7 Å². The molecule has 0 rings (SSSR count). The molecule has 0 fully saturated rings. The summed E-state index contributed by atoms with van der Waals surface area (Å²) in [4.78, 5) is 11.5. The van der Waals surface area contributed by atoms with Gasteiger partial charge in [-0.2, -0.15) is 0 Å². The van der Waals surface area contributed by atoms with E-state index in [1.54, 1.807) is 27.9 Å². The zero-order chi connectivity index (χ0) is 14.0. The molecule has 108 valence electrons. The van der Waals surface area contributed by atoms with Crippen LogP contribution in [-0.4, -0.2) is 56.5 Å². The van der Waals surface area contributed by atoms with Crippen LogP contribution in [0, 0.1) is 0 Å². The Morgan fingerprint density at radius 1 is 1.28 bits per heavy atom. The molecule has 0 unspecified atom stereocenters. The highest BCUT2D eigenvalue weighted by Gasteiger charge is 2.20. The molecule has 1 N–H and O–H groups in total. The van der Waals surface area contributed by atoms with Crippen molar-refractivity contribution in [3.8, 4) is 0 Å². The maximum atomic E-state index is 11.5. The molecule has 0 aromatic rings. The van der Waals surface area contributed by atoms with E-state index in [2.05, 4.69) is 0 Å². The molecule has 0 aromatic heterocycles. The quantitative estimate of drug-likeness (QED) is 0.376. The smallest absolute Gasteiger partial charge is 0.309 e. The molecule has 0 bridgehead atoms. The minimum atomic E-state index is -0.609. The largest absolute Gasteiger partial charge is 0.460 e. The molecule has 18 heavy (non-hydrogen) atoms. The second-order valence-electron chi connectivity index (χ2n) is 4.78. The van der Waals surface area contributed by atoms with E-state index in [1.807, 2.05) is 0 Å². The van der Waals surface area contributed by atoms with E-state index in [9.17, 15) is 4.79 Å². The summed E-state index contributed by atoms with van der Waals surface area (Å²) in [5.74, 6) is -0.404. The van der Waals surface area contributed by atoms with Crippen LogP contribution < -0.4 is 0 Å². The summed E-state index contributed by atoms with van der Waals surface area (Å²) in [6.45, 7) is 5.99. The SMILES string of the molecule is COCCOCO[C@H](CO)CC(=O)OC(C)(C)C. The molecule has 0 aliphatic rings. The van der Waals surface area contributed by atoms with Crippen LogP contribution in [0.5, 0.6) is 0 Å². The monoisotopic (exact) mass is 264 g/mol. The van der Waals surface area contributed by atoms with Gasteiger partial charge in [0.15, 0.2) is 0 Å². The van der Waals surface area contributed by atoms with Gasteiger partial charge in [0, 0.05) is 7.11 Å². The topological polar surface area (TPSA) is 74.2 Å². The third-order valence-corrected chi connectivity index (χ3v) is 1.84. The van der Waals surface area contributed by atoms with Crippen molar-refractivity contribution in [1.82, 2.24) is 0 Å². The molecule has 0 aromatic carbocycles. The summed E-state index contributed by atoms with van der Waals surface area (Å²) in [5.41, 5.74) is -0.536. The lowest BCUT2D eigenvalue weighted by atomic mass is 10.2. The van der Waals surface area contributed by atoms with E-state index >= 15 is 0 Å². The third-order valence-electron chi connectivity index (χ3n) is 1.84. The minimum absolute atomic E-state index is 0.00140. The van der Waals surface area contributed by atoms with Crippen LogP contribution in [0.3, 0.4) is 0 Å². The van der Waals surface area contributed by atoms with Gasteiger partial charge in [0.2, 0.25) is 0 Å². The van der Waals surface area contributed by atoms with Crippen molar-refractivity contribution in [2.45, 2.75) is 38.9 Å². The summed E-state index contributed by atoms with van der Waals surface area (Å²) >= 11 is 0. The lowest BCUT2D eigenvalue weighted by Crippen LogP contribution is -2.29. The van der Waals surface area contributed by atoms with Gasteiger partial charge in [0.1, 0.15) is 12.4 Å². The van der Waals surface area contributed by atoms with Crippen molar-refractivity contribution >= 4 is 5.97 Å². The third kappa shape index (κ3) is 10.5. The number of aliphatic hydroxyl groups excluding tert-OH is 1. The molecular formula is C12H24O6. The van der Waals surface area contributed by atoms with Crippen molar-refractivity contribution in [1.29, 1.82) is 0 Å². The Labute approximate surface area is 108 Å². The number of ether oxygens (including phenoxy) is 4. The lowest BCUT2D eigenvalue weighted by molar-refractivity contribution is -0.163. The molecule has 0 heterocycles. The number of carbonyl (C=O) groups excluding carboxylic acids is 1. The van der Waals surface area contributed by atoms with Gasteiger partial charge >= 0.3 is 5.97 Å². The van der Waals surface area contributed by atoms with Crippen molar-refractivity contribution < 1.29 is 28.8 Å².